The van der Waals surface area contributed by atoms with E-state index in [1.165, 1.54) is 0 Å². The first kappa shape index (κ1) is 8.23. The second kappa shape index (κ2) is 2.55. The Morgan fingerprint density at radius 3 is 2.77 bits per heavy atom. The maximum absolute atomic E-state index is 11.4. The zero-order valence-corrected chi connectivity index (χ0v) is 7.68. The van der Waals surface area contributed by atoms with E-state index in [0.29, 0.717) is 6.42 Å². The van der Waals surface area contributed by atoms with Gasteiger partial charge in [-0.15, -0.1) is 0 Å². The van der Waals surface area contributed by atoms with Crippen molar-refractivity contribution >= 4 is 11.7 Å². The summed E-state index contributed by atoms with van der Waals surface area (Å²) in [6.07, 6.45) is 2.70. The molecule has 0 aromatic rings. The van der Waals surface area contributed by atoms with Crippen molar-refractivity contribution in [3.05, 3.63) is 22.9 Å². The maximum Gasteiger partial charge on any atom is 0.292 e. The van der Waals surface area contributed by atoms with Gasteiger partial charge < -0.3 is 5.32 Å². The summed E-state index contributed by atoms with van der Waals surface area (Å²) in [7, 11) is 0. The molecule has 0 bridgehead atoms. The normalized spacial score (nSPS) is 27.2. The molecule has 1 aliphatic carbocycles. The third kappa shape index (κ3) is 1.11. The lowest BCUT2D eigenvalue weighted by Crippen LogP contribution is -2.18. The molecule has 0 spiro atoms. The smallest absolute Gasteiger partial charge is 0.292 e. The van der Waals surface area contributed by atoms with Crippen LogP contribution in [0.5, 0.6) is 0 Å². The lowest BCUT2D eigenvalue weighted by molar-refractivity contribution is -0.136. The van der Waals surface area contributed by atoms with Gasteiger partial charge in [0.05, 0.1) is 5.92 Å². The van der Waals surface area contributed by atoms with Crippen molar-refractivity contribution in [2.75, 3.05) is 0 Å². The van der Waals surface area contributed by atoms with E-state index < -0.39 is 5.91 Å². The average molecular weight is 177 g/mol. The minimum absolute atomic E-state index is 0.225. The molecule has 3 nitrogen and oxygen atoms in total. The van der Waals surface area contributed by atoms with Crippen LogP contribution in [0.3, 0.4) is 0 Å². The molecule has 0 radical (unpaired) electrons. The molecule has 2 aliphatic rings. The quantitative estimate of drug-likeness (QED) is 0.559. The Labute approximate surface area is 76.5 Å². The van der Waals surface area contributed by atoms with E-state index in [0.717, 1.165) is 16.8 Å². The van der Waals surface area contributed by atoms with E-state index in [4.69, 9.17) is 0 Å². The molecule has 1 heterocycles. The second-order valence-corrected chi connectivity index (χ2v) is 3.66. The summed E-state index contributed by atoms with van der Waals surface area (Å²) in [5.41, 5.74) is 2.98. The van der Waals surface area contributed by atoms with Crippen LogP contribution in [0.1, 0.15) is 20.3 Å². The number of ketones is 1. The van der Waals surface area contributed by atoms with Gasteiger partial charge in [-0.1, -0.05) is 11.6 Å². The summed E-state index contributed by atoms with van der Waals surface area (Å²) >= 11 is 0. The van der Waals surface area contributed by atoms with Crippen LogP contribution in [-0.2, 0) is 9.59 Å². The molecule has 1 fully saturated rings. The minimum atomic E-state index is -0.456. The molecule has 0 saturated carbocycles. The molecule has 13 heavy (non-hydrogen) atoms. The topological polar surface area (TPSA) is 46.2 Å². The summed E-state index contributed by atoms with van der Waals surface area (Å²) < 4.78 is 0. The summed E-state index contributed by atoms with van der Waals surface area (Å²) in [6, 6.07) is 0. The molecule has 1 aliphatic heterocycles. The van der Waals surface area contributed by atoms with Gasteiger partial charge in [0.15, 0.2) is 0 Å². The molecule has 1 amide bonds. The zero-order chi connectivity index (χ0) is 9.59. The fourth-order valence-electron chi connectivity index (χ4n) is 1.96. The van der Waals surface area contributed by atoms with Crippen LogP contribution >= 0.6 is 0 Å². The van der Waals surface area contributed by atoms with Gasteiger partial charge in [-0.2, -0.15) is 0 Å². The number of nitrogens with one attached hydrogen (secondary N) is 1. The Bertz CT molecular complexity index is 363. The Balaban J connectivity index is 2.46. The predicted molar refractivity (Wildman–Crippen MR) is 47.7 cm³/mol. The Hall–Kier alpha value is -1.38. The summed E-state index contributed by atoms with van der Waals surface area (Å²) in [5, 5.41) is 2.62. The molecular weight excluding hydrogens is 166 g/mol. The number of allylic oxidation sites excluding steroid dienone is 4. The fraction of sp³-hybridized carbons (Fsp3) is 0.400. The molecule has 68 valence electrons. The molecule has 1 N–H and O–H groups in total. The van der Waals surface area contributed by atoms with Crippen LogP contribution in [0.2, 0.25) is 0 Å². The highest BCUT2D eigenvalue weighted by atomic mass is 16.2. The lowest BCUT2D eigenvalue weighted by Gasteiger charge is -2.17. The monoisotopic (exact) mass is 177 g/mol. The van der Waals surface area contributed by atoms with Gasteiger partial charge in [0.25, 0.3) is 5.91 Å². The number of carbonyl (C=O) groups excluding carboxylic acids is 2. The van der Waals surface area contributed by atoms with Crippen molar-refractivity contribution in [1.82, 2.24) is 5.32 Å². The summed E-state index contributed by atoms with van der Waals surface area (Å²) in [6.45, 7) is 3.90. The zero-order valence-electron chi connectivity index (χ0n) is 7.68. The van der Waals surface area contributed by atoms with E-state index in [-0.39, 0.29) is 11.7 Å². The average Bonchev–Trinajstić information content (AvgIpc) is 2.32. The highest BCUT2D eigenvalue weighted by molar-refractivity contribution is 6.40. The van der Waals surface area contributed by atoms with Crippen molar-refractivity contribution in [3.8, 4) is 0 Å². The molecule has 2 rings (SSSR count). The van der Waals surface area contributed by atoms with E-state index in [9.17, 15) is 9.59 Å². The molecule has 1 saturated heterocycles. The highest BCUT2D eigenvalue weighted by Crippen LogP contribution is 2.31. The number of Topliss-reactive ketones (excluding diaryl/α,β-unsaturated/α-hetero) is 1. The maximum atomic E-state index is 11.4. The van der Waals surface area contributed by atoms with Crippen LogP contribution in [0.4, 0.5) is 0 Å². The minimum Gasteiger partial charge on any atom is -0.322 e. The predicted octanol–water partition coefficient (Wildman–Crippen LogP) is 0.925. The van der Waals surface area contributed by atoms with Gasteiger partial charge in [-0.05, 0) is 25.8 Å². The highest BCUT2D eigenvalue weighted by Gasteiger charge is 2.38. The van der Waals surface area contributed by atoms with Crippen LogP contribution in [0.15, 0.2) is 22.9 Å². The Kier molecular flexibility index (Phi) is 1.62. The largest absolute Gasteiger partial charge is 0.322 e. The fourth-order valence-corrected chi connectivity index (χ4v) is 1.96. The van der Waals surface area contributed by atoms with E-state index in [2.05, 4.69) is 5.32 Å². The van der Waals surface area contributed by atoms with Gasteiger partial charge in [-0.3, -0.25) is 9.59 Å². The third-order valence-corrected chi connectivity index (χ3v) is 2.55. The van der Waals surface area contributed by atoms with Crippen LogP contribution in [0.25, 0.3) is 0 Å². The SMILES string of the molecule is CC1=CC(C)=C2NC(=O)C(=O)C2C1. The van der Waals surface area contributed by atoms with Gasteiger partial charge >= 0.3 is 0 Å². The van der Waals surface area contributed by atoms with E-state index >= 15 is 0 Å². The first-order valence-corrected chi connectivity index (χ1v) is 4.32. The van der Waals surface area contributed by atoms with Gasteiger partial charge in [-0.25, -0.2) is 0 Å². The number of fused-ring (bicyclic) bond motifs is 1. The van der Waals surface area contributed by atoms with Crippen molar-refractivity contribution in [3.63, 3.8) is 0 Å². The van der Waals surface area contributed by atoms with Crippen LogP contribution in [-0.4, -0.2) is 11.7 Å². The molecule has 0 aromatic carbocycles. The molecule has 1 unspecified atom stereocenters. The van der Waals surface area contributed by atoms with Crippen molar-refractivity contribution in [1.29, 1.82) is 0 Å². The second-order valence-electron chi connectivity index (χ2n) is 3.66. The number of hydrogen-bond donors (Lipinski definition) is 1. The van der Waals surface area contributed by atoms with Crippen LogP contribution < -0.4 is 5.32 Å². The molecule has 3 heteroatoms. The first-order valence-electron chi connectivity index (χ1n) is 4.32. The Morgan fingerprint density at radius 1 is 1.38 bits per heavy atom. The number of rotatable bonds is 0. The van der Waals surface area contributed by atoms with Gasteiger partial charge in [0, 0.05) is 5.70 Å². The Morgan fingerprint density at radius 2 is 2.08 bits per heavy atom. The molecular formula is C10H11NO2. The van der Waals surface area contributed by atoms with Crippen molar-refractivity contribution in [2.45, 2.75) is 20.3 Å². The van der Waals surface area contributed by atoms with E-state index in [1.54, 1.807) is 0 Å². The molecule has 1 atom stereocenters. The summed E-state index contributed by atoms with van der Waals surface area (Å²) in [5.74, 6) is -0.971. The number of hydrogen-bond acceptors (Lipinski definition) is 2. The lowest BCUT2D eigenvalue weighted by atomic mass is 9.88. The third-order valence-electron chi connectivity index (χ3n) is 2.55. The summed E-state index contributed by atoms with van der Waals surface area (Å²) in [4.78, 5) is 22.4. The number of carbonyl (C=O) groups is 2. The van der Waals surface area contributed by atoms with Crippen LogP contribution in [0, 0.1) is 5.92 Å². The standard InChI is InChI=1S/C10H11NO2/c1-5-3-6(2)8-7(4-5)9(12)10(13)11-8/h3,7H,4H2,1-2H3,(H,11,13). The van der Waals surface area contributed by atoms with Crippen molar-refractivity contribution in [2.24, 2.45) is 5.92 Å². The van der Waals surface area contributed by atoms with Gasteiger partial charge in [0.1, 0.15) is 0 Å². The van der Waals surface area contributed by atoms with Gasteiger partial charge in [0.2, 0.25) is 5.78 Å². The first-order chi connectivity index (χ1) is 6.09. The van der Waals surface area contributed by atoms with Crippen molar-refractivity contribution < 1.29 is 9.59 Å². The van der Waals surface area contributed by atoms with E-state index in [1.807, 2.05) is 19.9 Å². The molecule has 0 aromatic heterocycles. The number of amides is 1.